The fourth-order valence-corrected chi connectivity index (χ4v) is 3.34. The second kappa shape index (κ2) is 6.30. The van der Waals surface area contributed by atoms with E-state index in [1.54, 1.807) is 29.9 Å². The molecule has 140 valence electrons. The molecule has 28 heavy (non-hydrogen) atoms. The van der Waals surface area contributed by atoms with E-state index < -0.39 is 0 Å². The number of hydrogen-bond acceptors (Lipinski definition) is 3. The molecule has 1 aliphatic carbocycles. The molecule has 3 aromatic heterocycles. The molecule has 0 bridgehead atoms. The van der Waals surface area contributed by atoms with E-state index in [-0.39, 0.29) is 11.7 Å². The van der Waals surface area contributed by atoms with Gasteiger partial charge in [-0.05, 0) is 49.6 Å². The van der Waals surface area contributed by atoms with Gasteiger partial charge in [-0.15, -0.1) is 0 Å². The summed E-state index contributed by atoms with van der Waals surface area (Å²) in [5.74, 6) is -0.614. The second-order valence-electron chi connectivity index (χ2n) is 7.13. The molecule has 7 heteroatoms. The summed E-state index contributed by atoms with van der Waals surface area (Å²) in [6, 6.07) is 9.07. The number of nitrogens with zero attached hydrogens (tertiary/aromatic N) is 4. The fraction of sp³-hybridized carbons (Fsp3) is 0.190. The van der Waals surface area contributed by atoms with Crippen LogP contribution in [0.4, 0.5) is 10.1 Å². The number of rotatable bonds is 4. The Morgan fingerprint density at radius 3 is 2.89 bits per heavy atom. The molecule has 0 saturated heterocycles. The maximum Gasteiger partial charge on any atom is 0.259 e. The van der Waals surface area contributed by atoms with Crippen LogP contribution in [0.3, 0.4) is 0 Å². The van der Waals surface area contributed by atoms with Crippen molar-refractivity contribution in [2.24, 2.45) is 0 Å². The first-order valence-electron chi connectivity index (χ1n) is 9.18. The SMILES string of the molecule is Cc1cc(F)c(-c2cnn(C3CC3)c2)cc1NC(=O)c1cnn2ccccc12. The molecule has 1 aromatic carbocycles. The quantitative estimate of drug-likeness (QED) is 0.580. The van der Waals surface area contributed by atoms with E-state index in [1.807, 2.05) is 29.1 Å². The van der Waals surface area contributed by atoms with Crippen LogP contribution in [0.15, 0.2) is 55.1 Å². The largest absolute Gasteiger partial charge is 0.322 e. The molecule has 0 atom stereocenters. The Morgan fingerprint density at radius 2 is 2.07 bits per heavy atom. The second-order valence-corrected chi connectivity index (χ2v) is 7.13. The van der Waals surface area contributed by atoms with Crippen molar-refractivity contribution in [1.29, 1.82) is 0 Å². The normalized spacial score (nSPS) is 13.8. The highest BCUT2D eigenvalue weighted by Gasteiger charge is 2.25. The van der Waals surface area contributed by atoms with Gasteiger partial charge in [0.05, 0.1) is 29.5 Å². The molecule has 1 saturated carbocycles. The van der Waals surface area contributed by atoms with Gasteiger partial charge in [-0.25, -0.2) is 8.91 Å². The van der Waals surface area contributed by atoms with Crippen molar-refractivity contribution < 1.29 is 9.18 Å². The van der Waals surface area contributed by atoms with Gasteiger partial charge in [0, 0.05) is 29.2 Å². The Labute approximate surface area is 160 Å². The minimum atomic E-state index is -0.332. The van der Waals surface area contributed by atoms with E-state index in [0.717, 1.165) is 12.8 Å². The topological polar surface area (TPSA) is 64.2 Å². The summed E-state index contributed by atoms with van der Waals surface area (Å²) in [4.78, 5) is 12.8. The van der Waals surface area contributed by atoms with Crippen molar-refractivity contribution in [1.82, 2.24) is 19.4 Å². The lowest BCUT2D eigenvalue weighted by molar-refractivity contribution is 0.102. The highest BCUT2D eigenvalue weighted by molar-refractivity contribution is 6.09. The molecular formula is C21H18FN5O. The molecule has 1 fully saturated rings. The van der Waals surface area contributed by atoms with Crippen LogP contribution in [0.1, 0.15) is 34.8 Å². The van der Waals surface area contributed by atoms with Crippen molar-refractivity contribution >= 4 is 17.1 Å². The number of fused-ring (bicyclic) bond motifs is 1. The molecule has 0 radical (unpaired) electrons. The molecule has 4 aromatic rings. The predicted molar refractivity (Wildman–Crippen MR) is 104 cm³/mol. The summed E-state index contributed by atoms with van der Waals surface area (Å²) in [6.07, 6.45) is 9.07. The van der Waals surface area contributed by atoms with Gasteiger partial charge in [0.25, 0.3) is 5.91 Å². The van der Waals surface area contributed by atoms with Crippen LogP contribution in [0, 0.1) is 12.7 Å². The molecule has 0 aliphatic heterocycles. The van der Waals surface area contributed by atoms with Crippen LogP contribution in [0.5, 0.6) is 0 Å². The monoisotopic (exact) mass is 375 g/mol. The van der Waals surface area contributed by atoms with Crippen LogP contribution in [-0.4, -0.2) is 25.3 Å². The number of carbonyl (C=O) groups is 1. The maximum atomic E-state index is 14.6. The van der Waals surface area contributed by atoms with Crippen LogP contribution in [0.25, 0.3) is 16.6 Å². The zero-order valence-electron chi connectivity index (χ0n) is 15.3. The number of amides is 1. The van der Waals surface area contributed by atoms with Gasteiger partial charge in [0.1, 0.15) is 5.82 Å². The first-order valence-corrected chi connectivity index (χ1v) is 9.18. The molecule has 1 N–H and O–H groups in total. The Morgan fingerprint density at radius 1 is 1.21 bits per heavy atom. The van der Waals surface area contributed by atoms with Crippen LogP contribution < -0.4 is 5.32 Å². The molecule has 1 amide bonds. The van der Waals surface area contributed by atoms with Crippen LogP contribution in [-0.2, 0) is 0 Å². The number of carbonyl (C=O) groups excluding carboxylic acids is 1. The number of benzene rings is 1. The lowest BCUT2D eigenvalue weighted by atomic mass is 10.0. The van der Waals surface area contributed by atoms with E-state index in [2.05, 4.69) is 15.5 Å². The number of hydrogen-bond donors (Lipinski definition) is 1. The minimum Gasteiger partial charge on any atom is -0.322 e. The van der Waals surface area contributed by atoms with Gasteiger partial charge in [-0.2, -0.15) is 10.2 Å². The van der Waals surface area contributed by atoms with Crippen molar-refractivity contribution in [3.8, 4) is 11.1 Å². The van der Waals surface area contributed by atoms with E-state index in [1.165, 1.54) is 12.3 Å². The van der Waals surface area contributed by atoms with Gasteiger partial charge >= 0.3 is 0 Å². The van der Waals surface area contributed by atoms with Gasteiger partial charge in [0.2, 0.25) is 0 Å². The van der Waals surface area contributed by atoms with Gasteiger partial charge < -0.3 is 5.32 Å². The molecule has 3 heterocycles. The average Bonchev–Trinajstić information content (AvgIpc) is 3.26. The number of aromatic nitrogens is 4. The highest BCUT2D eigenvalue weighted by Crippen LogP contribution is 2.36. The summed E-state index contributed by atoms with van der Waals surface area (Å²) < 4.78 is 18.1. The maximum absolute atomic E-state index is 14.6. The Hall–Kier alpha value is -3.48. The first kappa shape index (κ1) is 16.7. The molecule has 1 aliphatic rings. The molecule has 0 spiro atoms. The Bertz CT molecular complexity index is 1200. The van der Waals surface area contributed by atoms with Crippen LogP contribution in [0.2, 0.25) is 0 Å². The van der Waals surface area contributed by atoms with Crippen molar-refractivity contribution in [3.63, 3.8) is 0 Å². The minimum absolute atomic E-state index is 0.282. The summed E-state index contributed by atoms with van der Waals surface area (Å²) >= 11 is 0. The third kappa shape index (κ3) is 2.85. The van der Waals surface area contributed by atoms with Crippen molar-refractivity contribution in [3.05, 3.63) is 72.1 Å². The van der Waals surface area contributed by atoms with Gasteiger partial charge in [-0.1, -0.05) is 6.07 Å². The zero-order chi connectivity index (χ0) is 19.3. The molecular weight excluding hydrogens is 357 g/mol. The number of aryl methyl sites for hydroxylation is 1. The predicted octanol–water partition coefficient (Wildman–Crippen LogP) is 4.23. The van der Waals surface area contributed by atoms with E-state index in [4.69, 9.17) is 0 Å². The van der Waals surface area contributed by atoms with E-state index in [0.29, 0.717) is 39.5 Å². The van der Waals surface area contributed by atoms with Crippen LogP contribution >= 0.6 is 0 Å². The average molecular weight is 375 g/mol. The van der Waals surface area contributed by atoms with Gasteiger partial charge in [-0.3, -0.25) is 9.48 Å². The fourth-order valence-electron chi connectivity index (χ4n) is 3.34. The standard InChI is InChI=1S/C21H18FN5O/c1-13-8-18(22)16(14-10-23-27(12-14)15-5-6-15)9-19(13)25-21(28)17-11-24-26-7-3-2-4-20(17)26/h2-4,7-12,15H,5-6H2,1H3,(H,25,28). The lowest BCUT2D eigenvalue weighted by Gasteiger charge is -2.11. The van der Waals surface area contributed by atoms with E-state index >= 15 is 0 Å². The smallest absolute Gasteiger partial charge is 0.259 e. The Kier molecular flexibility index (Phi) is 3.75. The van der Waals surface area contributed by atoms with Gasteiger partial charge in [0.15, 0.2) is 0 Å². The summed E-state index contributed by atoms with van der Waals surface area (Å²) in [7, 11) is 0. The van der Waals surface area contributed by atoms with Crippen molar-refractivity contribution in [2.75, 3.05) is 5.32 Å². The lowest BCUT2D eigenvalue weighted by Crippen LogP contribution is -2.13. The number of anilines is 1. The first-order chi connectivity index (χ1) is 13.6. The van der Waals surface area contributed by atoms with Crippen molar-refractivity contribution in [2.45, 2.75) is 25.8 Å². The summed E-state index contributed by atoms with van der Waals surface area (Å²) in [5.41, 5.74) is 3.53. The number of pyridine rings is 1. The molecule has 6 nitrogen and oxygen atoms in total. The number of halogens is 1. The molecule has 5 rings (SSSR count). The summed E-state index contributed by atoms with van der Waals surface area (Å²) in [5, 5.41) is 11.4. The van der Waals surface area contributed by atoms with E-state index in [9.17, 15) is 9.18 Å². The summed E-state index contributed by atoms with van der Waals surface area (Å²) in [6.45, 7) is 1.77. The third-order valence-corrected chi connectivity index (χ3v) is 5.07. The number of nitrogens with one attached hydrogen (secondary N) is 1. The highest BCUT2D eigenvalue weighted by atomic mass is 19.1. The molecule has 0 unspecified atom stereocenters. The Balaban J connectivity index is 1.48. The third-order valence-electron chi connectivity index (χ3n) is 5.07. The zero-order valence-corrected chi connectivity index (χ0v) is 15.3.